The van der Waals surface area contributed by atoms with E-state index in [2.05, 4.69) is 10.6 Å². The summed E-state index contributed by atoms with van der Waals surface area (Å²) >= 11 is 6.00. The number of halogens is 1. The Morgan fingerprint density at radius 2 is 1.85 bits per heavy atom. The van der Waals surface area contributed by atoms with Crippen LogP contribution in [-0.4, -0.2) is 26.0 Å². The first-order valence-corrected chi connectivity index (χ1v) is 9.15. The van der Waals surface area contributed by atoms with Gasteiger partial charge in [0.15, 0.2) is 0 Å². The van der Waals surface area contributed by atoms with Crippen molar-refractivity contribution in [3.05, 3.63) is 59.3 Å². The number of nitrogens with zero attached hydrogens (tertiary/aromatic N) is 1. The lowest BCUT2D eigenvalue weighted by molar-refractivity contribution is -0.112. The molecule has 0 aliphatic heterocycles. The third-order valence-electron chi connectivity index (χ3n) is 3.31. The lowest BCUT2D eigenvalue weighted by Gasteiger charge is -2.07. The zero-order valence-corrected chi connectivity index (χ0v) is 15.5. The summed E-state index contributed by atoms with van der Waals surface area (Å²) < 4.78 is 36.0. The number of benzene rings is 2. The summed E-state index contributed by atoms with van der Waals surface area (Å²) in [6.45, 7) is 0. The fourth-order valence-corrected chi connectivity index (χ4v) is 2.71. The van der Waals surface area contributed by atoms with Crippen LogP contribution in [0.4, 0.5) is 11.4 Å². The van der Waals surface area contributed by atoms with Crippen LogP contribution in [0.3, 0.4) is 0 Å². The van der Waals surface area contributed by atoms with Gasteiger partial charge in [-0.05, 0) is 42.5 Å². The van der Waals surface area contributed by atoms with E-state index in [0.29, 0.717) is 16.5 Å². The van der Waals surface area contributed by atoms with Gasteiger partial charge < -0.3 is 15.4 Å². The highest BCUT2D eigenvalue weighted by atomic mass is 35.5. The molecule has 0 aliphatic carbocycles. The molecule has 27 heavy (non-hydrogen) atoms. The summed E-state index contributed by atoms with van der Waals surface area (Å²) in [7, 11) is -2.84. The molecule has 2 rings (SSSR count). The number of rotatable bonds is 6. The zero-order chi connectivity index (χ0) is 20.0. The molecule has 0 fully saturated rings. The SMILES string of the molecule is COc1ccc(N/C=C(/C#N)C(=O)Nc2ccc(S(=O)(=O)O)cc2)cc1Cl. The maximum Gasteiger partial charge on any atom is 0.294 e. The minimum absolute atomic E-state index is 0.221. The number of hydrogen-bond acceptors (Lipinski definition) is 6. The van der Waals surface area contributed by atoms with Crippen molar-refractivity contribution in [3.8, 4) is 11.8 Å². The van der Waals surface area contributed by atoms with E-state index in [-0.39, 0.29) is 16.2 Å². The maximum absolute atomic E-state index is 12.2. The van der Waals surface area contributed by atoms with Gasteiger partial charge in [0.2, 0.25) is 0 Å². The van der Waals surface area contributed by atoms with E-state index in [1.165, 1.54) is 25.4 Å². The number of methoxy groups -OCH3 is 1. The smallest absolute Gasteiger partial charge is 0.294 e. The second-order valence-electron chi connectivity index (χ2n) is 5.12. The van der Waals surface area contributed by atoms with Gasteiger partial charge in [-0.1, -0.05) is 11.6 Å². The van der Waals surface area contributed by atoms with Gasteiger partial charge in [0.25, 0.3) is 16.0 Å². The van der Waals surface area contributed by atoms with Crippen molar-refractivity contribution in [2.75, 3.05) is 17.7 Å². The van der Waals surface area contributed by atoms with Gasteiger partial charge in [0.05, 0.1) is 17.0 Å². The number of hydrogen-bond donors (Lipinski definition) is 3. The van der Waals surface area contributed by atoms with E-state index in [0.717, 1.165) is 12.1 Å². The lowest BCUT2D eigenvalue weighted by atomic mass is 10.2. The van der Waals surface area contributed by atoms with Crippen molar-refractivity contribution in [3.63, 3.8) is 0 Å². The maximum atomic E-state index is 12.2. The average Bonchev–Trinajstić information content (AvgIpc) is 2.62. The first kappa shape index (κ1) is 20.3. The predicted octanol–water partition coefficient (Wildman–Crippen LogP) is 3.05. The Labute approximate surface area is 160 Å². The topological polar surface area (TPSA) is 129 Å². The minimum atomic E-state index is -4.32. The molecule has 0 spiro atoms. The van der Waals surface area contributed by atoms with Crippen LogP contribution in [0.25, 0.3) is 0 Å². The summed E-state index contributed by atoms with van der Waals surface area (Å²) in [6.07, 6.45) is 1.21. The van der Waals surface area contributed by atoms with E-state index in [1.807, 2.05) is 0 Å². The fraction of sp³-hybridized carbons (Fsp3) is 0.0588. The van der Waals surface area contributed by atoms with E-state index in [1.54, 1.807) is 24.3 Å². The van der Waals surface area contributed by atoms with Crippen molar-refractivity contribution in [1.29, 1.82) is 5.26 Å². The molecule has 0 heterocycles. The second-order valence-corrected chi connectivity index (χ2v) is 6.95. The normalized spacial score (nSPS) is 11.4. The highest BCUT2D eigenvalue weighted by Gasteiger charge is 2.12. The molecule has 0 aromatic heterocycles. The number of anilines is 2. The van der Waals surface area contributed by atoms with Gasteiger partial charge in [0.1, 0.15) is 17.4 Å². The summed E-state index contributed by atoms with van der Waals surface area (Å²) in [5.41, 5.74) is 0.570. The first-order chi connectivity index (χ1) is 12.7. The summed E-state index contributed by atoms with van der Waals surface area (Å²) in [6, 6.07) is 11.4. The van der Waals surface area contributed by atoms with Crippen molar-refractivity contribution < 1.29 is 22.5 Å². The Hall–Kier alpha value is -3.06. The van der Waals surface area contributed by atoms with Gasteiger partial charge >= 0.3 is 0 Å². The van der Waals surface area contributed by atoms with Crippen molar-refractivity contribution >= 4 is 39.0 Å². The molecular formula is C17H14ClN3O5S. The minimum Gasteiger partial charge on any atom is -0.495 e. The van der Waals surface area contributed by atoms with Crippen LogP contribution in [-0.2, 0) is 14.9 Å². The molecule has 10 heteroatoms. The summed E-state index contributed by atoms with van der Waals surface area (Å²) in [5, 5.41) is 14.8. The largest absolute Gasteiger partial charge is 0.495 e. The zero-order valence-electron chi connectivity index (χ0n) is 13.9. The van der Waals surface area contributed by atoms with E-state index < -0.39 is 16.0 Å². The fourth-order valence-electron chi connectivity index (χ4n) is 1.97. The van der Waals surface area contributed by atoms with Crippen LogP contribution >= 0.6 is 11.6 Å². The quantitative estimate of drug-likeness (QED) is 0.381. The molecule has 0 bridgehead atoms. The number of nitriles is 1. The summed E-state index contributed by atoms with van der Waals surface area (Å²) in [4.78, 5) is 11.8. The Kier molecular flexibility index (Phi) is 6.41. The second kappa shape index (κ2) is 8.55. The third kappa shape index (κ3) is 5.46. The van der Waals surface area contributed by atoms with Crippen molar-refractivity contribution in [2.45, 2.75) is 4.90 Å². The molecular weight excluding hydrogens is 394 g/mol. The Morgan fingerprint density at radius 1 is 1.22 bits per heavy atom. The molecule has 0 unspecified atom stereocenters. The molecule has 0 radical (unpaired) electrons. The molecule has 0 atom stereocenters. The number of amides is 1. The van der Waals surface area contributed by atoms with Crippen LogP contribution in [0.2, 0.25) is 5.02 Å². The molecule has 2 aromatic rings. The Balaban J connectivity index is 2.10. The molecule has 0 aliphatic rings. The van der Waals surface area contributed by atoms with Crippen LogP contribution in [0.1, 0.15) is 0 Å². The first-order valence-electron chi connectivity index (χ1n) is 7.34. The van der Waals surface area contributed by atoms with E-state index in [4.69, 9.17) is 26.2 Å². The predicted molar refractivity (Wildman–Crippen MR) is 100 cm³/mol. The molecule has 140 valence electrons. The van der Waals surface area contributed by atoms with Crippen LogP contribution in [0.15, 0.2) is 59.1 Å². The van der Waals surface area contributed by atoms with Crippen LogP contribution in [0.5, 0.6) is 5.75 Å². The highest BCUT2D eigenvalue weighted by Crippen LogP contribution is 2.27. The van der Waals surface area contributed by atoms with E-state index in [9.17, 15) is 13.2 Å². The van der Waals surface area contributed by atoms with Gasteiger partial charge in [-0.25, -0.2) is 0 Å². The molecule has 1 amide bonds. The van der Waals surface area contributed by atoms with Gasteiger partial charge in [0, 0.05) is 17.6 Å². The molecule has 0 saturated carbocycles. The molecule has 8 nitrogen and oxygen atoms in total. The molecule has 2 aromatic carbocycles. The number of ether oxygens (including phenoxy) is 1. The number of nitrogens with one attached hydrogen (secondary N) is 2. The third-order valence-corrected chi connectivity index (χ3v) is 4.47. The Bertz CT molecular complexity index is 1030. The van der Waals surface area contributed by atoms with Gasteiger partial charge in [-0.2, -0.15) is 13.7 Å². The summed E-state index contributed by atoms with van der Waals surface area (Å²) in [5.74, 6) is -0.220. The molecule has 3 N–H and O–H groups in total. The van der Waals surface area contributed by atoms with Crippen LogP contribution < -0.4 is 15.4 Å². The average molecular weight is 408 g/mol. The van der Waals surface area contributed by atoms with Crippen LogP contribution in [0, 0.1) is 11.3 Å². The Morgan fingerprint density at radius 3 is 2.37 bits per heavy atom. The van der Waals surface area contributed by atoms with Gasteiger partial charge in [-0.15, -0.1) is 0 Å². The monoisotopic (exact) mass is 407 g/mol. The standard InChI is InChI=1S/C17H14ClN3O5S/c1-26-16-7-4-13(8-15(16)18)20-10-11(9-19)17(22)21-12-2-5-14(6-3-12)27(23,24)25/h2-8,10,20H,1H3,(H,21,22)(H,23,24,25)/b11-10-. The van der Waals surface area contributed by atoms with Crippen molar-refractivity contribution in [2.24, 2.45) is 0 Å². The lowest BCUT2D eigenvalue weighted by Crippen LogP contribution is -2.14. The number of carbonyl (C=O) groups is 1. The number of carbonyl (C=O) groups excluding carboxylic acids is 1. The highest BCUT2D eigenvalue weighted by molar-refractivity contribution is 7.85. The van der Waals surface area contributed by atoms with Crippen molar-refractivity contribution in [1.82, 2.24) is 0 Å². The molecule has 0 saturated heterocycles. The van der Waals surface area contributed by atoms with Gasteiger partial charge in [-0.3, -0.25) is 9.35 Å². The van der Waals surface area contributed by atoms with E-state index >= 15 is 0 Å².